The molecule has 1 aromatic carbocycles. The van der Waals surface area contributed by atoms with Crippen molar-refractivity contribution in [3.05, 3.63) is 32.8 Å². The Balaban J connectivity index is 2.20. The van der Waals surface area contributed by atoms with Crippen molar-refractivity contribution < 1.29 is 4.92 Å². The molecule has 1 aromatic rings. The van der Waals surface area contributed by atoms with E-state index in [1.807, 2.05) is 17.8 Å². The number of nitro groups is 1. The van der Waals surface area contributed by atoms with Crippen LogP contribution in [0.15, 0.2) is 22.7 Å². The van der Waals surface area contributed by atoms with E-state index in [1.165, 1.54) is 12.8 Å². The molecule has 1 aliphatic carbocycles. The summed E-state index contributed by atoms with van der Waals surface area (Å²) in [5, 5.41) is 14.9. The van der Waals surface area contributed by atoms with E-state index in [4.69, 9.17) is 0 Å². The molecule has 2 unspecified atom stereocenters. The van der Waals surface area contributed by atoms with Gasteiger partial charge in [-0.25, -0.2) is 0 Å². The van der Waals surface area contributed by atoms with Gasteiger partial charge in [0.1, 0.15) is 5.69 Å². The van der Waals surface area contributed by atoms with Crippen LogP contribution in [0.25, 0.3) is 0 Å². The molecule has 1 aliphatic rings. The monoisotopic (exact) mass is 330 g/mol. The van der Waals surface area contributed by atoms with Crippen LogP contribution in [0.3, 0.4) is 0 Å². The van der Waals surface area contributed by atoms with Gasteiger partial charge in [-0.15, -0.1) is 0 Å². The highest BCUT2D eigenvalue weighted by Crippen LogP contribution is 2.34. The second-order valence-corrected chi connectivity index (χ2v) is 6.37. The predicted octanol–water partition coefficient (Wildman–Crippen LogP) is 4.05. The zero-order valence-electron chi connectivity index (χ0n) is 10.1. The van der Waals surface area contributed by atoms with Gasteiger partial charge >= 0.3 is 0 Å². The minimum atomic E-state index is -0.337. The summed E-state index contributed by atoms with van der Waals surface area (Å²) in [5.74, 6) is 0. The molecular weight excluding hydrogens is 316 g/mol. The third kappa shape index (κ3) is 2.98. The average molecular weight is 331 g/mol. The molecule has 2 atom stereocenters. The van der Waals surface area contributed by atoms with Gasteiger partial charge in [0.2, 0.25) is 0 Å². The molecule has 0 aromatic heterocycles. The molecule has 4 nitrogen and oxygen atoms in total. The molecule has 18 heavy (non-hydrogen) atoms. The van der Waals surface area contributed by atoms with E-state index < -0.39 is 0 Å². The fourth-order valence-electron chi connectivity index (χ4n) is 2.35. The molecule has 98 valence electrons. The smallest absolute Gasteiger partial charge is 0.293 e. The topological polar surface area (TPSA) is 55.2 Å². The molecule has 1 saturated carbocycles. The second-order valence-electron chi connectivity index (χ2n) is 4.37. The molecule has 0 heterocycles. The molecule has 1 N–H and O–H groups in total. The van der Waals surface area contributed by atoms with Gasteiger partial charge in [-0.3, -0.25) is 10.1 Å². The summed E-state index contributed by atoms with van der Waals surface area (Å²) < 4.78 is 0.729. The Morgan fingerprint density at radius 1 is 1.50 bits per heavy atom. The zero-order chi connectivity index (χ0) is 13.1. The fraction of sp³-hybridized carbons (Fsp3) is 0.500. The minimum absolute atomic E-state index is 0.135. The van der Waals surface area contributed by atoms with Crippen LogP contribution in [-0.4, -0.2) is 22.5 Å². The van der Waals surface area contributed by atoms with Gasteiger partial charge in [0, 0.05) is 21.8 Å². The Labute approximate surface area is 119 Å². The van der Waals surface area contributed by atoms with E-state index >= 15 is 0 Å². The lowest BCUT2D eigenvalue weighted by atomic mass is 10.2. The number of hydrogen-bond donors (Lipinski definition) is 1. The van der Waals surface area contributed by atoms with Gasteiger partial charge < -0.3 is 5.32 Å². The first-order chi connectivity index (χ1) is 8.61. The molecule has 1 fully saturated rings. The van der Waals surface area contributed by atoms with Crippen molar-refractivity contribution in [3.8, 4) is 0 Å². The number of nitrogens with one attached hydrogen (secondary N) is 1. The van der Waals surface area contributed by atoms with E-state index in [2.05, 4.69) is 27.5 Å². The summed E-state index contributed by atoms with van der Waals surface area (Å²) in [4.78, 5) is 10.7. The SMILES string of the molecule is CSC1CCCC1Nc1ccc(Br)cc1[N+](=O)[O-]. The largest absolute Gasteiger partial charge is 0.376 e. The predicted molar refractivity (Wildman–Crippen MR) is 79.4 cm³/mol. The summed E-state index contributed by atoms with van der Waals surface area (Å²) in [6, 6.07) is 5.49. The first kappa shape index (κ1) is 13.7. The molecule has 0 spiro atoms. The maximum absolute atomic E-state index is 11.0. The maximum Gasteiger partial charge on any atom is 0.293 e. The third-order valence-electron chi connectivity index (χ3n) is 3.25. The van der Waals surface area contributed by atoms with Crippen molar-refractivity contribution in [2.24, 2.45) is 0 Å². The van der Waals surface area contributed by atoms with Crippen LogP contribution in [0.2, 0.25) is 0 Å². The van der Waals surface area contributed by atoms with E-state index in [0.717, 1.165) is 10.9 Å². The van der Waals surface area contributed by atoms with Gasteiger partial charge in [-0.05, 0) is 31.2 Å². The van der Waals surface area contributed by atoms with Crippen LogP contribution < -0.4 is 5.32 Å². The summed E-state index contributed by atoms with van der Waals surface area (Å²) in [6.45, 7) is 0. The molecule has 0 amide bonds. The molecule has 6 heteroatoms. The molecule has 0 radical (unpaired) electrons. The quantitative estimate of drug-likeness (QED) is 0.668. The number of benzene rings is 1. The maximum atomic E-state index is 11.0. The van der Waals surface area contributed by atoms with E-state index in [9.17, 15) is 10.1 Å². The van der Waals surface area contributed by atoms with Crippen molar-refractivity contribution in [2.45, 2.75) is 30.6 Å². The summed E-state index contributed by atoms with van der Waals surface area (Å²) >= 11 is 5.10. The Morgan fingerprint density at radius 2 is 2.28 bits per heavy atom. The van der Waals surface area contributed by atoms with Crippen molar-refractivity contribution in [1.82, 2.24) is 0 Å². The van der Waals surface area contributed by atoms with Crippen LogP contribution in [0.4, 0.5) is 11.4 Å². The first-order valence-electron chi connectivity index (χ1n) is 5.85. The number of thioether (sulfide) groups is 1. The zero-order valence-corrected chi connectivity index (χ0v) is 12.5. The second kappa shape index (κ2) is 5.93. The highest BCUT2D eigenvalue weighted by molar-refractivity contribution is 9.10. The Kier molecular flexibility index (Phi) is 4.50. The van der Waals surface area contributed by atoms with Crippen LogP contribution in [0.5, 0.6) is 0 Å². The van der Waals surface area contributed by atoms with Gasteiger partial charge in [0.15, 0.2) is 0 Å². The molecule has 0 saturated heterocycles. The van der Waals surface area contributed by atoms with Crippen LogP contribution >= 0.6 is 27.7 Å². The lowest BCUT2D eigenvalue weighted by Gasteiger charge is -2.20. The lowest BCUT2D eigenvalue weighted by molar-refractivity contribution is -0.384. The number of anilines is 1. The standard InChI is InChI=1S/C12H15BrN2O2S/c1-18-12-4-2-3-10(12)14-9-6-5-8(13)7-11(9)15(16)17/h5-7,10,12,14H,2-4H2,1H3. The third-order valence-corrected chi connectivity index (χ3v) is 4.92. The van der Waals surface area contributed by atoms with Gasteiger partial charge in [-0.1, -0.05) is 22.4 Å². The lowest BCUT2D eigenvalue weighted by Crippen LogP contribution is -2.26. The number of nitro benzene ring substituents is 1. The van der Waals surface area contributed by atoms with Crippen LogP contribution in [0.1, 0.15) is 19.3 Å². The number of nitrogens with zero attached hydrogens (tertiary/aromatic N) is 1. The van der Waals surface area contributed by atoms with E-state index in [0.29, 0.717) is 17.0 Å². The van der Waals surface area contributed by atoms with E-state index in [-0.39, 0.29) is 10.6 Å². The molecule has 0 bridgehead atoms. The minimum Gasteiger partial charge on any atom is -0.376 e. The fourth-order valence-corrected chi connectivity index (χ4v) is 3.63. The summed E-state index contributed by atoms with van der Waals surface area (Å²) in [6.07, 6.45) is 5.55. The van der Waals surface area contributed by atoms with Crippen molar-refractivity contribution in [2.75, 3.05) is 11.6 Å². The van der Waals surface area contributed by atoms with Gasteiger partial charge in [0.05, 0.1) is 4.92 Å². The van der Waals surface area contributed by atoms with E-state index in [1.54, 1.807) is 12.1 Å². The van der Waals surface area contributed by atoms with Crippen molar-refractivity contribution in [3.63, 3.8) is 0 Å². The van der Waals surface area contributed by atoms with Gasteiger partial charge in [0.25, 0.3) is 5.69 Å². The van der Waals surface area contributed by atoms with Crippen LogP contribution in [0, 0.1) is 10.1 Å². The summed E-state index contributed by atoms with van der Waals surface area (Å²) in [5.41, 5.74) is 0.755. The average Bonchev–Trinajstić information content (AvgIpc) is 2.78. The number of halogens is 1. The van der Waals surface area contributed by atoms with Crippen LogP contribution in [-0.2, 0) is 0 Å². The van der Waals surface area contributed by atoms with Crippen molar-refractivity contribution in [1.29, 1.82) is 0 Å². The van der Waals surface area contributed by atoms with Gasteiger partial charge in [-0.2, -0.15) is 11.8 Å². The highest BCUT2D eigenvalue weighted by Gasteiger charge is 2.28. The Bertz CT molecular complexity index is 456. The number of rotatable bonds is 4. The highest BCUT2D eigenvalue weighted by atomic mass is 79.9. The molecule has 2 rings (SSSR count). The molecular formula is C12H15BrN2O2S. The van der Waals surface area contributed by atoms with Crippen molar-refractivity contribution >= 4 is 39.1 Å². The number of hydrogen-bond acceptors (Lipinski definition) is 4. The Hall–Kier alpha value is -0.750. The first-order valence-corrected chi connectivity index (χ1v) is 7.93. The summed E-state index contributed by atoms with van der Waals surface area (Å²) in [7, 11) is 0. The normalized spacial score (nSPS) is 23.0. The molecule has 0 aliphatic heterocycles. The Morgan fingerprint density at radius 3 is 2.94 bits per heavy atom.